The van der Waals surface area contributed by atoms with Crippen LogP contribution in [0.2, 0.25) is 0 Å². The number of carboxylic acids is 1. The van der Waals surface area contributed by atoms with Crippen LogP contribution in [0.1, 0.15) is 30.7 Å². The van der Waals surface area contributed by atoms with Gasteiger partial charge in [0.05, 0.1) is 5.92 Å². The predicted octanol–water partition coefficient (Wildman–Crippen LogP) is 2.18. The van der Waals surface area contributed by atoms with Crippen molar-refractivity contribution in [2.24, 2.45) is 5.92 Å². The maximum Gasteiger partial charge on any atom is 0.321 e. The molecule has 1 unspecified atom stereocenters. The zero-order valence-electron chi connectivity index (χ0n) is 11.2. The Hall–Kier alpha value is -2.04. The van der Waals surface area contributed by atoms with Gasteiger partial charge in [-0.1, -0.05) is 18.2 Å². The van der Waals surface area contributed by atoms with E-state index in [1.165, 1.54) is 12.8 Å². The van der Waals surface area contributed by atoms with Crippen LogP contribution in [-0.2, 0) is 4.79 Å². The highest BCUT2D eigenvalue weighted by atomic mass is 16.4. The van der Waals surface area contributed by atoms with Gasteiger partial charge in [0.2, 0.25) is 0 Å². The van der Waals surface area contributed by atoms with Crippen molar-refractivity contribution in [2.45, 2.75) is 25.2 Å². The monoisotopic (exact) mass is 274 g/mol. The van der Waals surface area contributed by atoms with Crippen LogP contribution >= 0.6 is 0 Å². The second-order valence-electron chi connectivity index (χ2n) is 5.52. The lowest BCUT2D eigenvalue weighted by Gasteiger charge is -2.32. The summed E-state index contributed by atoms with van der Waals surface area (Å²) >= 11 is 0. The van der Waals surface area contributed by atoms with Crippen molar-refractivity contribution in [1.29, 1.82) is 0 Å². The Balaban J connectivity index is 1.80. The number of anilines is 1. The molecule has 1 saturated carbocycles. The minimum absolute atomic E-state index is 0.117. The van der Waals surface area contributed by atoms with Crippen LogP contribution in [0, 0.1) is 5.92 Å². The number of nitrogens with zero attached hydrogens (tertiary/aromatic N) is 1. The molecule has 0 aromatic heterocycles. The van der Waals surface area contributed by atoms with Crippen LogP contribution < -0.4 is 10.2 Å². The van der Waals surface area contributed by atoms with Gasteiger partial charge in [-0.05, 0) is 36.8 Å². The summed E-state index contributed by atoms with van der Waals surface area (Å²) in [6.07, 6.45) is 2.85. The molecule has 0 bridgehead atoms. The molecule has 2 N–H and O–H groups in total. The summed E-state index contributed by atoms with van der Waals surface area (Å²) < 4.78 is 0. The van der Waals surface area contributed by atoms with E-state index in [0.717, 1.165) is 17.8 Å². The smallest absolute Gasteiger partial charge is 0.321 e. The molecule has 1 aromatic rings. The number of fused-ring (bicyclic) bond motifs is 1. The second-order valence-corrected chi connectivity index (χ2v) is 5.52. The van der Waals surface area contributed by atoms with Gasteiger partial charge >= 0.3 is 12.0 Å². The molecular weight excluding hydrogens is 256 g/mol. The van der Waals surface area contributed by atoms with E-state index >= 15 is 0 Å². The van der Waals surface area contributed by atoms with Gasteiger partial charge in [0.25, 0.3) is 0 Å². The van der Waals surface area contributed by atoms with E-state index < -0.39 is 11.9 Å². The summed E-state index contributed by atoms with van der Waals surface area (Å²) in [5, 5.41) is 12.2. The van der Waals surface area contributed by atoms with Crippen LogP contribution in [0.5, 0.6) is 0 Å². The zero-order chi connectivity index (χ0) is 14.1. The number of para-hydroxylation sites is 1. The lowest BCUT2D eigenvalue weighted by Crippen LogP contribution is -2.44. The molecule has 0 radical (unpaired) electrons. The van der Waals surface area contributed by atoms with Crippen LogP contribution in [0.3, 0.4) is 0 Å². The molecule has 106 valence electrons. The van der Waals surface area contributed by atoms with Gasteiger partial charge in [-0.3, -0.25) is 9.69 Å². The topological polar surface area (TPSA) is 69.6 Å². The SMILES string of the molecule is O=C(O)C1CCN(C(=O)NCC2CC2)c2ccccc21. The summed E-state index contributed by atoms with van der Waals surface area (Å²) in [4.78, 5) is 25.2. The van der Waals surface area contributed by atoms with E-state index in [-0.39, 0.29) is 6.03 Å². The van der Waals surface area contributed by atoms with Gasteiger partial charge in [-0.15, -0.1) is 0 Å². The standard InChI is InChI=1S/C15H18N2O3/c18-14(19)12-7-8-17(13-4-2-1-3-11(12)13)15(20)16-9-10-5-6-10/h1-4,10,12H,5-9H2,(H,16,20)(H,18,19). The highest BCUT2D eigenvalue weighted by Crippen LogP contribution is 2.35. The van der Waals surface area contributed by atoms with Crippen LogP contribution in [0.15, 0.2) is 24.3 Å². The average Bonchev–Trinajstić information content (AvgIpc) is 3.27. The number of hydrogen-bond acceptors (Lipinski definition) is 2. The number of carboxylic acid groups (broad SMARTS) is 1. The average molecular weight is 274 g/mol. The number of carbonyl (C=O) groups excluding carboxylic acids is 1. The molecule has 5 heteroatoms. The molecular formula is C15H18N2O3. The number of rotatable bonds is 3. The lowest BCUT2D eigenvalue weighted by atomic mass is 9.90. The van der Waals surface area contributed by atoms with E-state index in [1.54, 1.807) is 11.0 Å². The Morgan fingerprint density at radius 3 is 2.70 bits per heavy atom. The Morgan fingerprint density at radius 2 is 2.00 bits per heavy atom. The van der Waals surface area contributed by atoms with Gasteiger partial charge in [-0.25, -0.2) is 4.79 Å². The van der Waals surface area contributed by atoms with E-state index in [2.05, 4.69) is 5.32 Å². The molecule has 1 fully saturated rings. The summed E-state index contributed by atoms with van der Waals surface area (Å²) in [6, 6.07) is 7.16. The molecule has 1 aliphatic carbocycles. The first-order valence-electron chi connectivity index (χ1n) is 7.04. The number of amides is 2. The fraction of sp³-hybridized carbons (Fsp3) is 0.467. The van der Waals surface area contributed by atoms with Gasteiger partial charge in [0.1, 0.15) is 0 Å². The number of urea groups is 1. The molecule has 2 aliphatic rings. The summed E-state index contributed by atoms with van der Waals surface area (Å²) in [7, 11) is 0. The number of carbonyl (C=O) groups is 2. The van der Waals surface area contributed by atoms with Gasteiger partial charge < -0.3 is 10.4 Å². The number of hydrogen-bond donors (Lipinski definition) is 2. The van der Waals surface area contributed by atoms with Crippen molar-refractivity contribution in [2.75, 3.05) is 18.0 Å². The maximum absolute atomic E-state index is 12.2. The predicted molar refractivity (Wildman–Crippen MR) is 74.9 cm³/mol. The van der Waals surface area contributed by atoms with Gasteiger partial charge in [-0.2, -0.15) is 0 Å². The highest BCUT2D eigenvalue weighted by Gasteiger charge is 2.32. The fourth-order valence-corrected chi connectivity index (χ4v) is 2.68. The van der Waals surface area contributed by atoms with Crippen molar-refractivity contribution in [3.63, 3.8) is 0 Å². The Bertz CT molecular complexity index is 540. The van der Waals surface area contributed by atoms with Gasteiger partial charge in [0.15, 0.2) is 0 Å². The Labute approximate surface area is 117 Å². The molecule has 1 heterocycles. The minimum atomic E-state index is -0.824. The molecule has 2 amide bonds. The molecule has 1 aliphatic heterocycles. The number of aliphatic carboxylic acids is 1. The van der Waals surface area contributed by atoms with Crippen molar-refractivity contribution >= 4 is 17.7 Å². The molecule has 20 heavy (non-hydrogen) atoms. The minimum Gasteiger partial charge on any atom is -0.481 e. The highest BCUT2D eigenvalue weighted by molar-refractivity contribution is 5.95. The van der Waals surface area contributed by atoms with E-state index in [0.29, 0.717) is 18.9 Å². The first kappa shape index (κ1) is 13.0. The quantitative estimate of drug-likeness (QED) is 0.887. The zero-order valence-corrected chi connectivity index (χ0v) is 11.2. The van der Waals surface area contributed by atoms with Crippen LogP contribution in [-0.4, -0.2) is 30.2 Å². The summed E-state index contributed by atoms with van der Waals surface area (Å²) in [5.74, 6) is -0.708. The summed E-state index contributed by atoms with van der Waals surface area (Å²) in [5.41, 5.74) is 1.45. The van der Waals surface area contributed by atoms with Crippen LogP contribution in [0.4, 0.5) is 10.5 Å². The first-order valence-corrected chi connectivity index (χ1v) is 7.04. The first-order chi connectivity index (χ1) is 9.66. The van der Waals surface area contributed by atoms with Crippen molar-refractivity contribution < 1.29 is 14.7 Å². The van der Waals surface area contributed by atoms with Crippen molar-refractivity contribution in [3.8, 4) is 0 Å². The molecule has 0 spiro atoms. The molecule has 5 nitrogen and oxygen atoms in total. The van der Waals surface area contributed by atoms with Crippen LogP contribution in [0.25, 0.3) is 0 Å². The molecule has 1 aromatic carbocycles. The molecule has 3 rings (SSSR count). The van der Waals surface area contributed by atoms with E-state index in [9.17, 15) is 14.7 Å². The fourth-order valence-electron chi connectivity index (χ4n) is 2.68. The lowest BCUT2D eigenvalue weighted by molar-refractivity contribution is -0.139. The molecule has 1 atom stereocenters. The largest absolute Gasteiger partial charge is 0.481 e. The third-order valence-corrected chi connectivity index (χ3v) is 4.03. The maximum atomic E-state index is 12.2. The normalized spacial score (nSPS) is 21.2. The Morgan fingerprint density at radius 1 is 1.25 bits per heavy atom. The molecule has 0 saturated heterocycles. The van der Waals surface area contributed by atoms with Gasteiger partial charge in [0, 0.05) is 18.8 Å². The van der Waals surface area contributed by atoms with E-state index in [4.69, 9.17) is 0 Å². The number of benzene rings is 1. The van der Waals surface area contributed by atoms with Crippen molar-refractivity contribution in [3.05, 3.63) is 29.8 Å². The second kappa shape index (κ2) is 5.15. The third-order valence-electron chi connectivity index (χ3n) is 4.03. The Kier molecular flexibility index (Phi) is 3.34. The summed E-state index contributed by atoms with van der Waals surface area (Å²) in [6.45, 7) is 1.17. The third kappa shape index (κ3) is 2.48. The van der Waals surface area contributed by atoms with Crippen molar-refractivity contribution in [1.82, 2.24) is 5.32 Å². The number of nitrogens with one attached hydrogen (secondary N) is 1. The van der Waals surface area contributed by atoms with E-state index in [1.807, 2.05) is 18.2 Å².